The van der Waals surface area contributed by atoms with Gasteiger partial charge in [0.25, 0.3) is 0 Å². The Hall–Kier alpha value is -1.24. The summed E-state index contributed by atoms with van der Waals surface area (Å²) in [4.78, 5) is 14.9. The van der Waals surface area contributed by atoms with Crippen molar-refractivity contribution in [2.24, 2.45) is 5.92 Å². The van der Waals surface area contributed by atoms with E-state index >= 15 is 0 Å². The molecule has 6 heteroatoms. The van der Waals surface area contributed by atoms with E-state index in [2.05, 4.69) is 4.90 Å². The standard InChI is InChI=1S/C17H24N2O3S/c1-11-5-7-14(8-6-11)23(21,22)19-10-15-16(20)9-12(2)18(4)17(15)13(19)3/h5-8,12-13,15,17H,9-10H2,1-4H3/t12-,13-,15+,17-/m0/s1. The highest BCUT2D eigenvalue weighted by atomic mass is 32.2. The molecule has 2 fully saturated rings. The van der Waals surface area contributed by atoms with Crippen LogP contribution < -0.4 is 0 Å². The maximum atomic E-state index is 13.0. The first kappa shape index (κ1) is 16.6. The zero-order valence-corrected chi connectivity index (χ0v) is 14.9. The maximum absolute atomic E-state index is 13.0. The van der Waals surface area contributed by atoms with Gasteiger partial charge in [-0.2, -0.15) is 4.31 Å². The molecule has 0 spiro atoms. The minimum Gasteiger partial charge on any atom is -0.299 e. The number of likely N-dealkylation sites (N-methyl/N-ethyl adjacent to an activating group) is 1. The summed E-state index contributed by atoms with van der Waals surface area (Å²) in [7, 11) is -1.58. The average molecular weight is 336 g/mol. The molecular weight excluding hydrogens is 312 g/mol. The number of benzene rings is 1. The first-order valence-electron chi connectivity index (χ1n) is 8.06. The normalized spacial score (nSPS) is 33.0. The van der Waals surface area contributed by atoms with Crippen LogP contribution in [0, 0.1) is 12.8 Å². The highest BCUT2D eigenvalue weighted by Gasteiger charge is 2.52. The molecule has 0 aliphatic carbocycles. The quantitative estimate of drug-likeness (QED) is 0.824. The molecule has 2 aliphatic rings. The summed E-state index contributed by atoms with van der Waals surface area (Å²) >= 11 is 0. The number of likely N-dealkylation sites (tertiary alicyclic amines) is 1. The lowest BCUT2D eigenvalue weighted by atomic mass is 9.85. The van der Waals surface area contributed by atoms with Gasteiger partial charge in [0.1, 0.15) is 5.78 Å². The van der Waals surface area contributed by atoms with Gasteiger partial charge < -0.3 is 0 Å². The number of carbonyl (C=O) groups is 1. The highest BCUT2D eigenvalue weighted by molar-refractivity contribution is 7.89. The van der Waals surface area contributed by atoms with Gasteiger partial charge in [-0.15, -0.1) is 0 Å². The summed E-state index contributed by atoms with van der Waals surface area (Å²) in [6, 6.07) is 6.82. The molecule has 0 aromatic heterocycles. The van der Waals surface area contributed by atoms with Crippen molar-refractivity contribution in [3.05, 3.63) is 29.8 Å². The molecule has 1 aromatic rings. The number of carbonyl (C=O) groups excluding carboxylic acids is 1. The molecule has 0 radical (unpaired) electrons. The largest absolute Gasteiger partial charge is 0.299 e. The molecule has 0 unspecified atom stereocenters. The van der Waals surface area contributed by atoms with Crippen LogP contribution in [0.5, 0.6) is 0 Å². The number of nitrogens with zero attached hydrogens (tertiary/aromatic N) is 2. The number of hydrogen-bond acceptors (Lipinski definition) is 4. The second kappa shape index (κ2) is 5.69. The Kier molecular flexibility index (Phi) is 4.11. The lowest BCUT2D eigenvalue weighted by Crippen LogP contribution is -2.54. The molecule has 2 saturated heterocycles. The maximum Gasteiger partial charge on any atom is 0.243 e. The molecule has 2 aliphatic heterocycles. The topological polar surface area (TPSA) is 57.7 Å². The predicted molar refractivity (Wildman–Crippen MR) is 88.7 cm³/mol. The van der Waals surface area contributed by atoms with E-state index < -0.39 is 10.0 Å². The fourth-order valence-corrected chi connectivity index (χ4v) is 5.60. The molecule has 5 nitrogen and oxygen atoms in total. The van der Waals surface area contributed by atoms with Crippen LogP contribution >= 0.6 is 0 Å². The Labute approximate surface area is 138 Å². The van der Waals surface area contributed by atoms with Gasteiger partial charge in [0.2, 0.25) is 10.0 Å². The van der Waals surface area contributed by atoms with Gasteiger partial charge in [-0.3, -0.25) is 9.69 Å². The summed E-state index contributed by atoms with van der Waals surface area (Å²) in [6.45, 7) is 6.16. The van der Waals surface area contributed by atoms with Crippen molar-refractivity contribution >= 4 is 15.8 Å². The van der Waals surface area contributed by atoms with Gasteiger partial charge in [0.05, 0.1) is 4.90 Å². The summed E-state index contributed by atoms with van der Waals surface area (Å²) in [5.41, 5.74) is 1.02. The van der Waals surface area contributed by atoms with Crippen molar-refractivity contribution in [1.82, 2.24) is 9.21 Å². The van der Waals surface area contributed by atoms with Crippen molar-refractivity contribution < 1.29 is 13.2 Å². The second-order valence-corrected chi connectivity index (χ2v) is 8.80. The molecule has 126 valence electrons. The summed E-state index contributed by atoms with van der Waals surface area (Å²) in [5, 5.41) is 0. The predicted octanol–water partition coefficient (Wildman–Crippen LogP) is 1.67. The highest BCUT2D eigenvalue weighted by Crippen LogP contribution is 2.37. The molecule has 23 heavy (non-hydrogen) atoms. The summed E-state index contributed by atoms with van der Waals surface area (Å²) in [5.74, 6) is -0.0273. The minimum atomic E-state index is -3.57. The Balaban J connectivity index is 1.95. The van der Waals surface area contributed by atoms with Crippen molar-refractivity contribution in [2.75, 3.05) is 13.6 Å². The Morgan fingerprint density at radius 3 is 2.35 bits per heavy atom. The first-order chi connectivity index (χ1) is 10.7. The average Bonchev–Trinajstić information content (AvgIpc) is 2.84. The minimum absolute atomic E-state index is 0.0357. The molecular formula is C17H24N2O3S. The molecule has 0 amide bonds. The molecule has 4 atom stereocenters. The fraction of sp³-hybridized carbons (Fsp3) is 0.588. The van der Waals surface area contributed by atoms with E-state index in [1.165, 1.54) is 4.31 Å². The Morgan fingerprint density at radius 1 is 1.13 bits per heavy atom. The SMILES string of the molecule is Cc1ccc(S(=O)(=O)N2C[C@@H]3C(=O)C[C@H](C)N(C)[C@H]3[C@@H]2C)cc1. The molecule has 0 N–H and O–H groups in total. The number of rotatable bonds is 2. The molecule has 3 rings (SSSR count). The van der Waals surface area contributed by atoms with Crippen LogP contribution in [0.4, 0.5) is 0 Å². The van der Waals surface area contributed by atoms with Gasteiger partial charge in [-0.1, -0.05) is 17.7 Å². The number of Topliss-reactive ketones (excluding diaryl/α,β-unsaturated/α-hetero) is 1. The van der Waals surface area contributed by atoms with E-state index in [1.54, 1.807) is 24.3 Å². The third kappa shape index (κ3) is 2.62. The van der Waals surface area contributed by atoms with Crippen molar-refractivity contribution in [1.29, 1.82) is 0 Å². The number of ketones is 1. The Morgan fingerprint density at radius 2 is 1.74 bits per heavy atom. The van der Waals surface area contributed by atoms with E-state index in [-0.39, 0.29) is 36.4 Å². The van der Waals surface area contributed by atoms with Crippen LogP contribution in [0.15, 0.2) is 29.2 Å². The Bertz CT molecular complexity index is 714. The number of piperidine rings is 1. The molecule has 2 heterocycles. The first-order valence-corrected chi connectivity index (χ1v) is 9.50. The van der Waals surface area contributed by atoms with E-state index in [1.807, 2.05) is 27.8 Å². The number of hydrogen-bond donors (Lipinski definition) is 0. The lowest BCUT2D eigenvalue weighted by molar-refractivity contribution is -0.129. The smallest absolute Gasteiger partial charge is 0.243 e. The molecule has 0 saturated carbocycles. The fourth-order valence-electron chi connectivity index (χ4n) is 3.93. The van der Waals surface area contributed by atoms with Gasteiger partial charge >= 0.3 is 0 Å². The second-order valence-electron chi connectivity index (χ2n) is 6.91. The molecule has 1 aromatic carbocycles. The van der Waals surface area contributed by atoms with Gasteiger partial charge in [0, 0.05) is 37.0 Å². The van der Waals surface area contributed by atoms with Crippen LogP contribution in [-0.4, -0.2) is 55.1 Å². The van der Waals surface area contributed by atoms with Crippen LogP contribution in [0.25, 0.3) is 0 Å². The van der Waals surface area contributed by atoms with E-state index in [9.17, 15) is 13.2 Å². The zero-order valence-electron chi connectivity index (χ0n) is 14.1. The number of sulfonamides is 1. The van der Waals surface area contributed by atoms with E-state index in [4.69, 9.17) is 0 Å². The van der Waals surface area contributed by atoms with Gasteiger partial charge in [0.15, 0.2) is 0 Å². The van der Waals surface area contributed by atoms with Gasteiger partial charge in [-0.05, 0) is 40.0 Å². The summed E-state index contributed by atoms with van der Waals surface area (Å²) < 4.78 is 27.5. The van der Waals surface area contributed by atoms with E-state index in [0.717, 1.165) is 5.56 Å². The third-order valence-corrected chi connectivity index (χ3v) is 7.41. The van der Waals surface area contributed by atoms with E-state index in [0.29, 0.717) is 11.3 Å². The van der Waals surface area contributed by atoms with Gasteiger partial charge in [-0.25, -0.2) is 8.42 Å². The lowest BCUT2D eigenvalue weighted by Gasteiger charge is -2.40. The summed E-state index contributed by atoms with van der Waals surface area (Å²) in [6.07, 6.45) is 0.503. The van der Waals surface area contributed by atoms with Crippen molar-refractivity contribution in [3.8, 4) is 0 Å². The monoisotopic (exact) mass is 336 g/mol. The van der Waals surface area contributed by atoms with Crippen molar-refractivity contribution in [2.45, 2.75) is 50.2 Å². The molecule has 0 bridgehead atoms. The van der Waals surface area contributed by atoms with Crippen molar-refractivity contribution in [3.63, 3.8) is 0 Å². The number of fused-ring (bicyclic) bond motifs is 1. The number of aryl methyl sites for hydroxylation is 1. The third-order valence-electron chi connectivity index (χ3n) is 5.44. The van der Waals surface area contributed by atoms with Crippen LogP contribution in [0.1, 0.15) is 25.8 Å². The van der Waals surface area contributed by atoms with Crippen LogP contribution in [-0.2, 0) is 14.8 Å². The zero-order chi connectivity index (χ0) is 16.9. The van der Waals surface area contributed by atoms with Crippen LogP contribution in [0.2, 0.25) is 0 Å². The van der Waals surface area contributed by atoms with Crippen LogP contribution in [0.3, 0.4) is 0 Å².